The number of aromatic amines is 1. The van der Waals surface area contributed by atoms with E-state index < -0.39 is 5.97 Å². The average molecular weight is 358 g/mol. The lowest BCUT2D eigenvalue weighted by molar-refractivity contribution is -0.145. The van der Waals surface area contributed by atoms with Gasteiger partial charge in [0.15, 0.2) is 0 Å². The third-order valence-corrected chi connectivity index (χ3v) is 4.84. The molecule has 0 radical (unpaired) electrons. The number of hydrogen-bond acceptors (Lipinski definition) is 4. The van der Waals surface area contributed by atoms with Crippen molar-refractivity contribution < 1.29 is 19.5 Å². The Balaban J connectivity index is 1.74. The van der Waals surface area contributed by atoms with Crippen LogP contribution in [0.15, 0.2) is 24.4 Å². The lowest BCUT2D eigenvalue weighted by Gasteiger charge is -2.28. The average Bonchev–Trinajstić information content (AvgIpc) is 2.95. The molecule has 2 heterocycles. The van der Waals surface area contributed by atoms with Crippen LogP contribution in [0.25, 0.3) is 10.9 Å². The van der Waals surface area contributed by atoms with Crippen molar-refractivity contribution >= 4 is 28.7 Å². The molecule has 1 aliphatic heterocycles. The highest BCUT2D eigenvalue weighted by molar-refractivity contribution is 6.05. The number of amides is 2. The number of carboxylic acids is 1. The van der Waals surface area contributed by atoms with Crippen molar-refractivity contribution in [2.24, 2.45) is 0 Å². The maximum Gasteiger partial charge on any atom is 0.323 e. The van der Waals surface area contributed by atoms with Crippen LogP contribution in [-0.4, -0.2) is 68.6 Å². The van der Waals surface area contributed by atoms with Gasteiger partial charge in [0, 0.05) is 31.4 Å². The molecule has 2 amide bonds. The van der Waals surface area contributed by atoms with E-state index in [4.69, 9.17) is 5.11 Å². The summed E-state index contributed by atoms with van der Waals surface area (Å²) in [5.41, 5.74) is 1.29. The molecule has 0 bridgehead atoms. The molecule has 0 aliphatic carbocycles. The van der Waals surface area contributed by atoms with Gasteiger partial charge < -0.3 is 14.9 Å². The van der Waals surface area contributed by atoms with Gasteiger partial charge in [-0.3, -0.25) is 19.5 Å². The highest BCUT2D eigenvalue weighted by Crippen LogP contribution is 2.22. The summed E-state index contributed by atoms with van der Waals surface area (Å²) < 4.78 is 0. The van der Waals surface area contributed by atoms with Gasteiger partial charge in [-0.1, -0.05) is 12.1 Å². The standard InChI is InChI=1S/C18H22N4O4/c1-12(23)22(11-16(24)25)14-5-3-8-21(9-7-14)18(26)15-6-2-4-13-10-19-20-17(13)15/h2,4,6,10,14H,3,5,7-9,11H2,1H3,(H,19,20)(H,24,25). The second-order valence-corrected chi connectivity index (χ2v) is 6.56. The van der Waals surface area contributed by atoms with Gasteiger partial charge in [-0.25, -0.2) is 0 Å². The molecule has 2 aromatic rings. The van der Waals surface area contributed by atoms with Crippen molar-refractivity contribution in [1.82, 2.24) is 20.0 Å². The molecule has 1 aromatic carbocycles. The first-order chi connectivity index (χ1) is 12.5. The molecule has 2 N–H and O–H groups in total. The Morgan fingerprint density at radius 1 is 1.31 bits per heavy atom. The molecule has 26 heavy (non-hydrogen) atoms. The third kappa shape index (κ3) is 3.68. The Morgan fingerprint density at radius 2 is 2.12 bits per heavy atom. The lowest BCUT2D eigenvalue weighted by Crippen LogP contribution is -2.43. The van der Waals surface area contributed by atoms with E-state index in [0.717, 1.165) is 17.3 Å². The Kier molecular flexibility index (Phi) is 5.20. The third-order valence-electron chi connectivity index (χ3n) is 4.84. The van der Waals surface area contributed by atoms with Crippen LogP contribution in [0.5, 0.6) is 0 Å². The van der Waals surface area contributed by atoms with E-state index in [1.165, 1.54) is 11.8 Å². The maximum atomic E-state index is 13.0. The van der Waals surface area contributed by atoms with Crippen LogP contribution in [0.3, 0.4) is 0 Å². The number of aliphatic carboxylic acids is 1. The van der Waals surface area contributed by atoms with Gasteiger partial charge in [0.2, 0.25) is 5.91 Å². The Bertz CT molecular complexity index is 831. The molecule has 0 saturated carbocycles. The second kappa shape index (κ2) is 7.55. The number of carboxylic acid groups (broad SMARTS) is 1. The molecule has 1 aromatic heterocycles. The van der Waals surface area contributed by atoms with Gasteiger partial charge in [-0.05, 0) is 25.3 Å². The number of para-hydroxylation sites is 1. The number of likely N-dealkylation sites (tertiary alicyclic amines) is 1. The largest absolute Gasteiger partial charge is 0.480 e. The molecular weight excluding hydrogens is 336 g/mol. The summed E-state index contributed by atoms with van der Waals surface area (Å²) in [6, 6.07) is 5.34. The minimum atomic E-state index is -1.02. The Labute approximate surface area is 150 Å². The molecular formula is C18H22N4O4. The zero-order valence-corrected chi connectivity index (χ0v) is 14.6. The molecule has 8 heteroatoms. The first kappa shape index (κ1) is 17.9. The van der Waals surface area contributed by atoms with E-state index in [-0.39, 0.29) is 24.4 Å². The fraction of sp³-hybridized carbons (Fsp3) is 0.444. The fourth-order valence-electron chi connectivity index (χ4n) is 3.55. The van der Waals surface area contributed by atoms with Crippen molar-refractivity contribution in [1.29, 1.82) is 0 Å². The molecule has 0 spiro atoms. The van der Waals surface area contributed by atoms with E-state index >= 15 is 0 Å². The highest BCUT2D eigenvalue weighted by atomic mass is 16.4. The monoisotopic (exact) mass is 358 g/mol. The van der Waals surface area contributed by atoms with Crippen LogP contribution in [-0.2, 0) is 9.59 Å². The molecule has 3 rings (SSSR count). The van der Waals surface area contributed by atoms with Crippen LogP contribution in [0.2, 0.25) is 0 Å². The topological polar surface area (TPSA) is 107 Å². The van der Waals surface area contributed by atoms with Gasteiger partial charge in [0.05, 0.1) is 17.3 Å². The smallest absolute Gasteiger partial charge is 0.323 e. The SMILES string of the molecule is CC(=O)N(CC(=O)O)C1CCCN(C(=O)c2cccc3cn[nH]c23)CC1. The number of nitrogens with one attached hydrogen (secondary N) is 1. The zero-order valence-electron chi connectivity index (χ0n) is 14.6. The molecule has 1 unspecified atom stereocenters. The number of nitrogens with zero attached hydrogens (tertiary/aromatic N) is 3. The summed E-state index contributed by atoms with van der Waals surface area (Å²) in [6.07, 6.45) is 3.66. The Morgan fingerprint density at radius 3 is 2.85 bits per heavy atom. The van der Waals surface area contributed by atoms with Crippen LogP contribution in [0.4, 0.5) is 0 Å². The van der Waals surface area contributed by atoms with Crippen LogP contribution in [0.1, 0.15) is 36.5 Å². The van der Waals surface area contributed by atoms with Crippen LogP contribution in [0, 0.1) is 0 Å². The number of hydrogen-bond donors (Lipinski definition) is 2. The maximum absolute atomic E-state index is 13.0. The number of carbonyl (C=O) groups excluding carboxylic acids is 2. The van der Waals surface area contributed by atoms with E-state index in [1.807, 2.05) is 12.1 Å². The number of aromatic nitrogens is 2. The summed E-state index contributed by atoms with van der Waals surface area (Å²) >= 11 is 0. The normalized spacial score (nSPS) is 17.7. The molecule has 138 valence electrons. The quantitative estimate of drug-likeness (QED) is 0.861. The predicted octanol–water partition coefficient (Wildman–Crippen LogP) is 1.49. The van der Waals surface area contributed by atoms with Crippen molar-refractivity contribution in [3.8, 4) is 0 Å². The van der Waals surface area contributed by atoms with Crippen LogP contribution < -0.4 is 0 Å². The van der Waals surface area contributed by atoms with E-state index in [2.05, 4.69) is 10.2 Å². The summed E-state index contributed by atoms with van der Waals surface area (Å²) in [5.74, 6) is -1.35. The number of fused-ring (bicyclic) bond motifs is 1. The number of benzene rings is 1. The van der Waals surface area contributed by atoms with Crippen molar-refractivity contribution in [3.05, 3.63) is 30.0 Å². The van der Waals surface area contributed by atoms with Gasteiger partial charge in [-0.15, -0.1) is 0 Å². The van der Waals surface area contributed by atoms with Gasteiger partial charge in [-0.2, -0.15) is 5.10 Å². The van der Waals surface area contributed by atoms with Gasteiger partial charge in [0.25, 0.3) is 5.91 Å². The van der Waals surface area contributed by atoms with Gasteiger partial charge in [0.1, 0.15) is 6.54 Å². The van der Waals surface area contributed by atoms with Crippen molar-refractivity contribution in [2.75, 3.05) is 19.6 Å². The summed E-state index contributed by atoms with van der Waals surface area (Å²) in [5, 5.41) is 16.8. The molecule has 1 saturated heterocycles. The fourth-order valence-corrected chi connectivity index (χ4v) is 3.55. The van der Waals surface area contributed by atoms with Crippen molar-refractivity contribution in [3.63, 3.8) is 0 Å². The minimum Gasteiger partial charge on any atom is -0.480 e. The van der Waals surface area contributed by atoms with E-state index in [1.54, 1.807) is 17.2 Å². The summed E-state index contributed by atoms with van der Waals surface area (Å²) in [4.78, 5) is 39.0. The zero-order chi connectivity index (χ0) is 18.7. The first-order valence-electron chi connectivity index (χ1n) is 8.67. The van der Waals surface area contributed by atoms with E-state index in [9.17, 15) is 14.4 Å². The lowest BCUT2D eigenvalue weighted by atomic mass is 10.1. The second-order valence-electron chi connectivity index (χ2n) is 6.56. The molecule has 1 fully saturated rings. The van der Waals surface area contributed by atoms with Crippen LogP contribution >= 0.6 is 0 Å². The first-order valence-corrected chi connectivity index (χ1v) is 8.67. The number of rotatable bonds is 4. The predicted molar refractivity (Wildman–Crippen MR) is 94.7 cm³/mol. The number of carbonyl (C=O) groups is 3. The molecule has 8 nitrogen and oxygen atoms in total. The summed E-state index contributed by atoms with van der Waals surface area (Å²) in [6.45, 7) is 2.15. The van der Waals surface area contributed by atoms with Gasteiger partial charge >= 0.3 is 5.97 Å². The van der Waals surface area contributed by atoms with Crippen molar-refractivity contribution in [2.45, 2.75) is 32.2 Å². The Hall–Kier alpha value is -2.90. The number of H-pyrrole nitrogens is 1. The van der Waals surface area contributed by atoms with E-state index in [0.29, 0.717) is 31.5 Å². The summed E-state index contributed by atoms with van der Waals surface area (Å²) in [7, 11) is 0. The highest BCUT2D eigenvalue weighted by Gasteiger charge is 2.28. The molecule has 1 atom stereocenters. The molecule has 1 aliphatic rings. The minimum absolute atomic E-state index is 0.0758.